The monoisotopic (exact) mass is 501 g/mol. The second kappa shape index (κ2) is 8.11. The third kappa shape index (κ3) is 3.15. The SMILES string of the molecule is COc1ccc2cc(-c3[nH]c4c(=O)oc5ccccc5c4c3-c3c(O)c4ccccc4oc3=O)ccc2c1. The van der Waals surface area contributed by atoms with Crippen molar-refractivity contribution >= 4 is 43.6 Å². The van der Waals surface area contributed by atoms with E-state index >= 15 is 0 Å². The van der Waals surface area contributed by atoms with Crippen LogP contribution in [0.1, 0.15) is 0 Å². The van der Waals surface area contributed by atoms with Gasteiger partial charge in [-0.3, -0.25) is 0 Å². The summed E-state index contributed by atoms with van der Waals surface area (Å²) in [4.78, 5) is 29.7. The standard InChI is InChI=1S/C31H19NO6/c1-36-19-13-12-16-14-18(11-10-17(16)15-19)27-25(26-29(33)21-7-3-5-9-23(21)37-30(26)34)24-20-6-2-4-8-22(20)38-31(35)28(24)32-27/h2-15,32-33H,1H3. The van der Waals surface area contributed by atoms with E-state index in [-0.39, 0.29) is 22.4 Å². The van der Waals surface area contributed by atoms with E-state index in [4.69, 9.17) is 13.6 Å². The minimum atomic E-state index is -0.716. The Hall–Kier alpha value is -5.30. The summed E-state index contributed by atoms with van der Waals surface area (Å²) in [6, 6.07) is 25.4. The van der Waals surface area contributed by atoms with Crippen LogP contribution in [0, 0.1) is 0 Å². The number of ether oxygens (including phenoxy) is 1. The molecule has 0 aliphatic carbocycles. The fraction of sp³-hybridized carbons (Fsp3) is 0.0323. The first-order chi connectivity index (χ1) is 18.5. The summed E-state index contributed by atoms with van der Waals surface area (Å²) in [6.45, 7) is 0. The number of nitrogens with one attached hydrogen (secondary N) is 1. The molecule has 0 radical (unpaired) electrons. The molecule has 2 N–H and O–H groups in total. The highest BCUT2D eigenvalue weighted by Crippen LogP contribution is 2.44. The fourth-order valence-electron chi connectivity index (χ4n) is 5.16. The van der Waals surface area contributed by atoms with E-state index in [9.17, 15) is 14.7 Å². The molecule has 184 valence electrons. The van der Waals surface area contributed by atoms with E-state index in [1.54, 1.807) is 43.5 Å². The van der Waals surface area contributed by atoms with Gasteiger partial charge in [0.2, 0.25) is 0 Å². The summed E-state index contributed by atoms with van der Waals surface area (Å²) in [5.41, 5.74) is 1.06. The van der Waals surface area contributed by atoms with Gasteiger partial charge in [-0.05, 0) is 52.7 Å². The van der Waals surface area contributed by atoms with Crippen LogP contribution >= 0.6 is 0 Å². The molecule has 3 heterocycles. The van der Waals surface area contributed by atoms with Crippen LogP contribution in [0.3, 0.4) is 0 Å². The minimum absolute atomic E-state index is 0.0319. The Morgan fingerprint density at radius 2 is 1.39 bits per heavy atom. The molecule has 7 rings (SSSR count). The Labute approximate surface area is 214 Å². The molecule has 0 aliphatic heterocycles. The molecule has 7 nitrogen and oxygen atoms in total. The van der Waals surface area contributed by atoms with Crippen molar-refractivity contribution in [1.82, 2.24) is 4.98 Å². The molecule has 0 bridgehead atoms. The Morgan fingerprint density at radius 1 is 0.737 bits per heavy atom. The summed E-state index contributed by atoms with van der Waals surface area (Å²) in [5, 5.41) is 14.8. The molecule has 38 heavy (non-hydrogen) atoms. The number of hydrogen-bond donors (Lipinski definition) is 2. The molecule has 3 aromatic heterocycles. The Bertz CT molecular complexity index is 2180. The lowest BCUT2D eigenvalue weighted by Crippen LogP contribution is -2.04. The van der Waals surface area contributed by atoms with Gasteiger partial charge in [0.25, 0.3) is 0 Å². The Morgan fingerprint density at radius 3 is 2.18 bits per heavy atom. The van der Waals surface area contributed by atoms with Gasteiger partial charge in [0.05, 0.1) is 18.2 Å². The van der Waals surface area contributed by atoms with E-state index in [0.717, 1.165) is 16.5 Å². The van der Waals surface area contributed by atoms with Gasteiger partial charge in [0, 0.05) is 16.3 Å². The van der Waals surface area contributed by atoms with Crippen LogP contribution in [0.25, 0.3) is 66.0 Å². The van der Waals surface area contributed by atoms with Crippen LogP contribution in [0.2, 0.25) is 0 Å². The highest BCUT2D eigenvalue weighted by atomic mass is 16.5. The molecular weight excluding hydrogens is 482 g/mol. The van der Waals surface area contributed by atoms with Crippen LogP contribution in [-0.4, -0.2) is 17.2 Å². The van der Waals surface area contributed by atoms with E-state index in [1.807, 2.05) is 48.5 Å². The number of aromatic hydroxyl groups is 1. The first-order valence-electron chi connectivity index (χ1n) is 11.9. The number of methoxy groups -OCH3 is 1. The van der Waals surface area contributed by atoms with Crippen LogP contribution in [0.15, 0.2) is 103 Å². The Kier molecular flexibility index (Phi) is 4.68. The number of hydrogen-bond acceptors (Lipinski definition) is 6. The predicted octanol–water partition coefficient (Wildman–Crippen LogP) is 6.58. The van der Waals surface area contributed by atoms with Crippen molar-refractivity contribution in [1.29, 1.82) is 0 Å². The first-order valence-corrected chi connectivity index (χ1v) is 11.9. The summed E-state index contributed by atoms with van der Waals surface area (Å²) in [7, 11) is 1.61. The smallest absolute Gasteiger partial charge is 0.360 e. The molecule has 0 saturated carbocycles. The zero-order valence-electron chi connectivity index (χ0n) is 20.1. The Balaban J connectivity index is 1.65. The van der Waals surface area contributed by atoms with Gasteiger partial charge in [-0.1, -0.05) is 48.5 Å². The van der Waals surface area contributed by atoms with Crippen molar-refractivity contribution in [2.75, 3.05) is 7.11 Å². The van der Waals surface area contributed by atoms with E-state index in [0.29, 0.717) is 38.6 Å². The van der Waals surface area contributed by atoms with Crippen LogP contribution < -0.4 is 16.0 Å². The van der Waals surface area contributed by atoms with Gasteiger partial charge in [-0.15, -0.1) is 0 Å². The van der Waals surface area contributed by atoms with Crippen molar-refractivity contribution in [3.05, 3.63) is 106 Å². The quantitative estimate of drug-likeness (QED) is 0.265. The summed E-state index contributed by atoms with van der Waals surface area (Å²) in [5.74, 6) is 0.515. The van der Waals surface area contributed by atoms with Crippen molar-refractivity contribution in [3.8, 4) is 33.9 Å². The van der Waals surface area contributed by atoms with Crippen LogP contribution in [-0.2, 0) is 0 Å². The number of aromatic amines is 1. The lowest BCUT2D eigenvalue weighted by molar-refractivity contribution is 0.415. The van der Waals surface area contributed by atoms with Crippen molar-refractivity contribution in [3.63, 3.8) is 0 Å². The van der Waals surface area contributed by atoms with Crippen molar-refractivity contribution in [2.45, 2.75) is 0 Å². The molecule has 0 amide bonds. The van der Waals surface area contributed by atoms with Crippen LogP contribution in [0.4, 0.5) is 0 Å². The van der Waals surface area contributed by atoms with Crippen molar-refractivity contribution < 1.29 is 18.7 Å². The summed E-state index contributed by atoms with van der Waals surface area (Å²) < 4.78 is 16.6. The number of rotatable bonds is 3. The number of benzene rings is 4. The molecule has 7 aromatic rings. The average Bonchev–Trinajstić information content (AvgIpc) is 3.34. The highest BCUT2D eigenvalue weighted by molar-refractivity contribution is 6.17. The molecule has 7 heteroatoms. The molecule has 0 atom stereocenters. The van der Waals surface area contributed by atoms with Gasteiger partial charge in [0.1, 0.15) is 33.7 Å². The van der Waals surface area contributed by atoms with Crippen molar-refractivity contribution in [2.24, 2.45) is 0 Å². The normalized spacial score (nSPS) is 11.6. The van der Waals surface area contributed by atoms with Crippen LogP contribution in [0.5, 0.6) is 11.5 Å². The zero-order valence-corrected chi connectivity index (χ0v) is 20.1. The van der Waals surface area contributed by atoms with Gasteiger partial charge in [-0.2, -0.15) is 0 Å². The lowest BCUT2D eigenvalue weighted by Gasteiger charge is -2.10. The fourth-order valence-corrected chi connectivity index (χ4v) is 5.16. The predicted molar refractivity (Wildman–Crippen MR) is 147 cm³/mol. The number of fused-ring (bicyclic) bond motifs is 5. The van der Waals surface area contributed by atoms with E-state index < -0.39 is 11.3 Å². The maximum atomic E-state index is 13.4. The van der Waals surface area contributed by atoms with E-state index in [2.05, 4.69) is 4.98 Å². The third-order valence-electron chi connectivity index (χ3n) is 6.94. The number of aromatic nitrogens is 1. The van der Waals surface area contributed by atoms with Gasteiger partial charge in [-0.25, -0.2) is 9.59 Å². The van der Waals surface area contributed by atoms with Gasteiger partial charge >= 0.3 is 11.3 Å². The zero-order chi connectivity index (χ0) is 26.0. The molecule has 0 saturated heterocycles. The largest absolute Gasteiger partial charge is 0.506 e. The molecule has 0 unspecified atom stereocenters. The average molecular weight is 501 g/mol. The maximum absolute atomic E-state index is 13.4. The molecular formula is C31H19NO6. The van der Waals surface area contributed by atoms with Gasteiger partial charge in [0.15, 0.2) is 0 Å². The van der Waals surface area contributed by atoms with E-state index in [1.165, 1.54) is 0 Å². The second-order valence-electron chi connectivity index (χ2n) is 9.05. The summed E-state index contributed by atoms with van der Waals surface area (Å²) >= 11 is 0. The number of para-hydroxylation sites is 2. The highest BCUT2D eigenvalue weighted by Gasteiger charge is 2.26. The first kappa shape index (κ1) is 21.9. The molecule has 4 aromatic carbocycles. The topological polar surface area (TPSA) is 106 Å². The molecule has 0 fully saturated rings. The maximum Gasteiger partial charge on any atom is 0.360 e. The second-order valence-corrected chi connectivity index (χ2v) is 9.05. The van der Waals surface area contributed by atoms with Gasteiger partial charge < -0.3 is 23.7 Å². The number of H-pyrrole nitrogens is 1. The third-order valence-corrected chi connectivity index (χ3v) is 6.94. The summed E-state index contributed by atoms with van der Waals surface area (Å²) in [6.07, 6.45) is 0. The molecule has 0 spiro atoms. The molecule has 0 aliphatic rings. The minimum Gasteiger partial charge on any atom is -0.506 e. The lowest BCUT2D eigenvalue weighted by atomic mass is 9.95.